The van der Waals surface area contributed by atoms with Gasteiger partial charge in [-0.15, -0.1) is 0 Å². The molecule has 0 bridgehead atoms. The second-order valence-electron chi connectivity index (χ2n) is 5.78. The second kappa shape index (κ2) is 6.72. The van der Waals surface area contributed by atoms with Crippen molar-refractivity contribution in [1.29, 1.82) is 0 Å². The lowest BCUT2D eigenvalue weighted by Crippen LogP contribution is -2.25. The van der Waals surface area contributed by atoms with Gasteiger partial charge in [-0.05, 0) is 43.3 Å². The molecule has 0 fully saturated rings. The van der Waals surface area contributed by atoms with Gasteiger partial charge in [-0.3, -0.25) is 4.79 Å². The number of nitrogens with zero attached hydrogens (tertiary/aromatic N) is 1. The van der Waals surface area contributed by atoms with Crippen LogP contribution in [0, 0.1) is 6.92 Å². The molecule has 6 nitrogen and oxygen atoms in total. The zero-order chi connectivity index (χ0) is 18.1. The number of ether oxygens (including phenoxy) is 2. The summed E-state index contributed by atoms with van der Waals surface area (Å²) in [6.45, 7) is 2.00. The van der Waals surface area contributed by atoms with Crippen LogP contribution in [0.4, 0.5) is 5.69 Å². The van der Waals surface area contributed by atoms with E-state index in [1.54, 1.807) is 30.3 Å². The summed E-state index contributed by atoms with van der Waals surface area (Å²) in [6, 6.07) is 12.7. The Labute approximate surface area is 154 Å². The fourth-order valence-corrected chi connectivity index (χ4v) is 2.84. The van der Waals surface area contributed by atoms with Crippen LogP contribution in [0.5, 0.6) is 11.5 Å². The Hall–Kier alpha value is -2.99. The number of hydrogen-bond donors (Lipinski definition) is 1. The highest BCUT2D eigenvalue weighted by Crippen LogP contribution is 2.37. The van der Waals surface area contributed by atoms with E-state index >= 15 is 0 Å². The zero-order valence-electron chi connectivity index (χ0n) is 13.9. The molecule has 26 heavy (non-hydrogen) atoms. The molecule has 0 radical (unpaired) electrons. The van der Waals surface area contributed by atoms with Gasteiger partial charge >= 0.3 is 0 Å². The fourth-order valence-electron chi connectivity index (χ4n) is 2.72. The first kappa shape index (κ1) is 16.5. The summed E-state index contributed by atoms with van der Waals surface area (Å²) in [6.07, 6.45) is 0. The molecule has 132 valence electrons. The van der Waals surface area contributed by atoms with Crippen LogP contribution >= 0.6 is 11.6 Å². The van der Waals surface area contributed by atoms with Gasteiger partial charge in [0, 0.05) is 10.6 Å². The number of para-hydroxylation sites is 1. The number of carbonyl (C=O) groups is 1. The molecule has 2 aromatic carbocycles. The highest BCUT2D eigenvalue weighted by Gasteiger charge is 2.20. The number of aromatic nitrogens is 1. The maximum Gasteiger partial charge on any atom is 0.262 e. The van der Waals surface area contributed by atoms with Gasteiger partial charge in [0.25, 0.3) is 5.91 Å². The molecular formula is C19H15ClN2O4. The minimum absolute atomic E-state index is 0.000159. The van der Waals surface area contributed by atoms with Crippen molar-refractivity contribution in [3.63, 3.8) is 0 Å². The third-order valence-corrected chi connectivity index (χ3v) is 4.16. The molecule has 1 aliphatic heterocycles. The topological polar surface area (TPSA) is 73.6 Å². The predicted octanol–water partition coefficient (Wildman–Crippen LogP) is 4.21. The molecule has 4 rings (SSSR count). The van der Waals surface area contributed by atoms with Crippen LogP contribution in [-0.2, 0) is 11.4 Å². The van der Waals surface area contributed by atoms with Gasteiger partial charge in [0.2, 0.25) is 5.89 Å². The lowest BCUT2D eigenvalue weighted by atomic mass is 10.1. The van der Waals surface area contributed by atoms with Gasteiger partial charge in [-0.1, -0.05) is 17.7 Å². The Morgan fingerprint density at radius 2 is 2.04 bits per heavy atom. The first-order chi connectivity index (χ1) is 12.6. The standard InChI is InChI=1S/C19H15ClN2O4/c1-11-19(12-5-7-13(20)8-6-12)26-17(21-11)10-25-15-4-2-3-14-18(15)22-16(23)9-24-14/h2-8H,9-10H2,1H3,(H,22,23). The van der Waals surface area contributed by atoms with Crippen molar-refractivity contribution < 1.29 is 18.7 Å². The lowest BCUT2D eigenvalue weighted by molar-refractivity contribution is -0.118. The number of benzene rings is 2. The zero-order valence-corrected chi connectivity index (χ0v) is 14.7. The van der Waals surface area contributed by atoms with Crippen molar-refractivity contribution in [3.8, 4) is 22.8 Å². The number of carbonyl (C=O) groups excluding carboxylic acids is 1. The average Bonchev–Trinajstić information content (AvgIpc) is 3.01. The van der Waals surface area contributed by atoms with Crippen LogP contribution < -0.4 is 14.8 Å². The van der Waals surface area contributed by atoms with E-state index in [-0.39, 0.29) is 19.1 Å². The Balaban J connectivity index is 1.54. The minimum Gasteiger partial charge on any atom is -0.482 e. The molecule has 0 spiro atoms. The molecule has 1 amide bonds. The van der Waals surface area contributed by atoms with Gasteiger partial charge in [0.05, 0.1) is 5.69 Å². The molecule has 0 saturated carbocycles. The van der Waals surface area contributed by atoms with Crippen molar-refractivity contribution in [3.05, 3.63) is 59.1 Å². The van der Waals surface area contributed by atoms with Crippen LogP contribution in [-0.4, -0.2) is 17.5 Å². The maximum absolute atomic E-state index is 11.5. The number of anilines is 1. The van der Waals surface area contributed by atoms with Crippen molar-refractivity contribution in [2.75, 3.05) is 11.9 Å². The quantitative estimate of drug-likeness (QED) is 0.744. The number of rotatable bonds is 4. The summed E-state index contributed by atoms with van der Waals surface area (Å²) < 4.78 is 17.0. The lowest BCUT2D eigenvalue weighted by Gasteiger charge is -2.20. The SMILES string of the molecule is Cc1nc(COc2cccc3c2NC(=O)CO3)oc1-c1ccc(Cl)cc1. The Kier molecular flexibility index (Phi) is 4.26. The smallest absolute Gasteiger partial charge is 0.262 e. The largest absolute Gasteiger partial charge is 0.482 e. The van der Waals surface area contributed by atoms with Crippen LogP contribution in [0.1, 0.15) is 11.6 Å². The normalized spacial score (nSPS) is 12.9. The van der Waals surface area contributed by atoms with Crippen molar-refractivity contribution >= 4 is 23.2 Å². The predicted molar refractivity (Wildman–Crippen MR) is 96.6 cm³/mol. The Morgan fingerprint density at radius 3 is 2.85 bits per heavy atom. The molecule has 0 unspecified atom stereocenters. The molecule has 2 heterocycles. The summed E-state index contributed by atoms with van der Waals surface area (Å²) >= 11 is 5.92. The number of aryl methyl sites for hydroxylation is 1. The van der Waals surface area contributed by atoms with Crippen molar-refractivity contribution in [2.45, 2.75) is 13.5 Å². The number of halogens is 1. The highest BCUT2D eigenvalue weighted by atomic mass is 35.5. The molecule has 1 aliphatic rings. The first-order valence-corrected chi connectivity index (χ1v) is 8.38. The molecule has 1 aromatic heterocycles. The third kappa shape index (κ3) is 3.23. The van der Waals surface area contributed by atoms with Gasteiger partial charge < -0.3 is 19.2 Å². The van der Waals surface area contributed by atoms with Crippen LogP contribution in [0.3, 0.4) is 0 Å². The average molecular weight is 371 g/mol. The van der Waals surface area contributed by atoms with Gasteiger partial charge in [-0.2, -0.15) is 0 Å². The van der Waals surface area contributed by atoms with Crippen LogP contribution in [0.25, 0.3) is 11.3 Å². The fraction of sp³-hybridized carbons (Fsp3) is 0.158. The van der Waals surface area contributed by atoms with E-state index in [4.69, 9.17) is 25.5 Å². The number of amides is 1. The van der Waals surface area contributed by atoms with Crippen LogP contribution in [0.15, 0.2) is 46.9 Å². The number of hydrogen-bond acceptors (Lipinski definition) is 5. The molecule has 0 aliphatic carbocycles. The van der Waals surface area contributed by atoms with E-state index in [1.807, 2.05) is 19.1 Å². The van der Waals surface area contributed by atoms with E-state index < -0.39 is 0 Å². The summed E-state index contributed by atoms with van der Waals surface area (Å²) in [5.41, 5.74) is 2.17. The van der Waals surface area contributed by atoms with E-state index in [0.29, 0.717) is 33.9 Å². The molecule has 3 aromatic rings. The molecule has 1 N–H and O–H groups in total. The van der Waals surface area contributed by atoms with Gasteiger partial charge in [-0.25, -0.2) is 4.98 Å². The molecule has 0 atom stereocenters. The van der Waals surface area contributed by atoms with E-state index in [0.717, 1.165) is 11.3 Å². The van der Waals surface area contributed by atoms with E-state index in [1.165, 1.54) is 0 Å². The monoisotopic (exact) mass is 370 g/mol. The summed E-state index contributed by atoms with van der Waals surface area (Å²) in [5, 5.41) is 3.42. The maximum atomic E-state index is 11.5. The van der Waals surface area contributed by atoms with E-state index in [9.17, 15) is 4.79 Å². The number of nitrogens with one attached hydrogen (secondary N) is 1. The first-order valence-electron chi connectivity index (χ1n) is 8.01. The van der Waals surface area contributed by atoms with Crippen LogP contribution in [0.2, 0.25) is 5.02 Å². The second-order valence-corrected chi connectivity index (χ2v) is 6.22. The summed E-state index contributed by atoms with van der Waals surface area (Å²) in [4.78, 5) is 16.0. The minimum atomic E-state index is -0.217. The van der Waals surface area contributed by atoms with E-state index in [2.05, 4.69) is 10.3 Å². The summed E-state index contributed by atoms with van der Waals surface area (Å²) in [5.74, 6) is 1.97. The van der Waals surface area contributed by atoms with Crippen molar-refractivity contribution in [2.24, 2.45) is 0 Å². The molecule has 7 heteroatoms. The Morgan fingerprint density at radius 1 is 1.23 bits per heavy atom. The number of oxazole rings is 1. The molecular weight excluding hydrogens is 356 g/mol. The molecule has 0 saturated heterocycles. The van der Waals surface area contributed by atoms with Gasteiger partial charge in [0.15, 0.2) is 19.0 Å². The third-order valence-electron chi connectivity index (χ3n) is 3.91. The van der Waals surface area contributed by atoms with Crippen molar-refractivity contribution in [1.82, 2.24) is 4.98 Å². The Bertz CT molecular complexity index is 966. The number of fused-ring (bicyclic) bond motifs is 1. The highest BCUT2D eigenvalue weighted by molar-refractivity contribution is 6.30. The van der Waals surface area contributed by atoms with Gasteiger partial charge in [0.1, 0.15) is 17.2 Å². The summed E-state index contributed by atoms with van der Waals surface area (Å²) in [7, 11) is 0.